The zero-order chi connectivity index (χ0) is 15.1. The van der Waals surface area contributed by atoms with Crippen LogP contribution in [0.2, 0.25) is 5.02 Å². The van der Waals surface area contributed by atoms with Gasteiger partial charge in [-0.3, -0.25) is 4.57 Å². The maximum Gasteiger partial charge on any atom is 0.164 e. The van der Waals surface area contributed by atoms with Crippen LogP contribution in [0.1, 0.15) is 23.7 Å². The van der Waals surface area contributed by atoms with Crippen molar-refractivity contribution >= 4 is 57.0 Å². The number of hydrogen-bond acceptors (Lipinski definition) is 2. The molecule has 3 rings (SSSR count). The molecule has 0 aliphatic heterocycles. The van der Waals surface area contributed by atoms with Crippen molar-refractivity contribution in [1.29, 1.82) is 0 Å². The van der Waals surface area contributed by atoms with Gasteiger partial charge in [0.1, 0.15) is 11.3 Å². The maximum absolute atomic E-state index is 6.41. The molecule has 0 aliphatic rings. The van der Waals surface area contributed by atoms with Gasteiger partial charge in [0.05, 0.1) is 16.1 Å². The molecule has 0 saturated heterocycles. The van der Waals surface area contributed by atoms with Gasteiger partial charge in [0, 0.05) is 9.77 Å². The Morgan fingerprint density at radius 3 is 2.71 bits per heavy atom. The fraction of sp³-hybridized carbons (Fsp3) is 0.200. The number of nitrogens with zero attached hydrogens (tertiary/aromatic N) is 3. The number of aromatic nitrogens is 3. The Hall–Kier alpha value is -0.850. The van der Waals surface area contributed by atoms with Crippen molar-refractivity contribution in [2.24, 2.45) is 0 Å². The number of fused-ring (bicyclic) bond motifs is 1. The van der Waals surface area contributed by atoms with E-state index in [4.69, 9.17) is 23.2 Å². The van der Waals surface area contributed by atoms with Crippen molar-refractivity contribution in [2.45, 2.75) is 19.2 Å². The average Bonchev–Trinajstić information content (AvgIpc) is 2.77. The third-order valence-electron chi connectivity index (χ3n) is 3.17. The van der Waals surface area contributed by atoms with Crippen LogP contribution in [-0.4, -0.2) is 14.5 Å². The SMILES string of the molecule is Cc1cnc2c(c1)nc(C(C)Cl)n2-c1ccc(I)cc1Cl. The van der Waals surface area contributed by atoms with Gasteiger partial charge in [-0.25, -0.2) is 9.97 Å². The van der Waals surface area contributed by atoms with Gasteiger partial charge in [0.2, 0.25) is 0 Å². The highest BCUT2D eigenvalue weighted by Crippen LogP contribution is 2.31. The molecule has 2 heterocycles. The summed E-state index contributed by atoms with van der Waals surface area (Å²) in [6, 6.07) is 7.89. The monoisotopic (exact) mass is 431 g/mol. The van der Waals surface area contributed by atoms with E-state index in [-0.39, 0.29) is 5.38 Å². The Balaban J connectivity index is 2.36. The summed E-state index contributed by atoms with van der Waals surface area (Å²) in [5.74, 6) is 0.743. The van der Waals surface area contributed by atoms with Gasteiger partial charge in [-0.05, 0) is 66.3 Å². The highest BCUT2D eigenvalue weighted by Gasteiger charge is 2.19. The van der Waals surface area contributed by atoms with Gasteiger partial charge in [-0.15, -0.1) is 11.6 Å². The summed E-state index contributed by atoms with van der Waals surface area (Å²) in [5, 5.41) is 0.414. The summed E-state index contributed by atoms with van der Waals surface area (Å²) in [7, 11) is 0. The molecule has 0 radical (unpaired) electrons. The number of alkyl halides is 1. The Kier molecular flexibility index (Phi) is 4.12. The Morgan fingerprint density at radius 2 is 2.05 bits per heavy atom. The maximum atomic E-state index is 6.41. The molecule has 108 valence electrons. The second kappa shape index (κ2) is 5.74. The first-order chi connectivity index (χ1) is 9.97. The molecule has 0 saturated carbocycles. The number of benzene rings is 1. The molecule has 1 unspecified atom stereocenters. The summed E-state index contributed by atoms with van der Waals surface area (Å²) in [5.41, 5.74) is 3.51. The number of halogens is 3. The van der Waals surface area contributed by atoms with Gasteiger partial charge in [0.15, 0.2) is 5.65 Å². The number of imidazole rings is 1. The Morgan fingerprint density at radius 1 is 1.29 bits per heavy atom. The number of aryl methyl sites for hydroxylation is 1. The zero-order valence-corrected chi connectivity index (χ0v) is 15.1. The van der Waals surface area contributed by atoms with Crippen molar-refractivity contribution < 1.29 is 0 Å². The minimum absolute atomic E-state index is 0.241. The summed E-state index contributed by atoms with van der Waals surface area (Å²) >= 11 is 14.9. The molecule has 21 heavy (non-hydrogen) atoms. The van der Waals surface area contributed by atoms with Gasteiger partial charge in [0.25, 0.3) is 0 Å². The third-order valence-corrected chi connectivity index (χ3v) is 4.34. The van der Waals surface area contributed by atoms with Crippen LogP contribution in [0.4, 0.5) is 0 Å². The van der Waals surface area contributed by atoms with Crippen molar-refractivity contribution in [2.75, 3.05) is 0 Å². The Labute approximate surface area is 146 Å². The highest BCUT2D eigenvalue weighted by molar-refractivity contribution is 14.1. The predicted octanol–water partition coefficient (Wildman–Crippen LogP) is 5.29. The van der Waals surface area contributed by atoms with Gasteiger partial charge >= 0.3 is 0 Å². The average molecular weight is 432 g/mol. The van der Waals surface area contributed by atoms with E-state index in [0.29, 0.717) is 5.02 Å². The summed E-state index contributed by atoms with van der Waals surface area (Å²) in [6.07, 6.45) is 1.82. The predicted molar refractivity (Wildman–Crippen MR) is 95.6 cm³/mol. The van der Waals surface area contributed by atoms with Crippen molar-refractivity contribution in [3.8, 4) is 5.69 Å². The van der Waals surface area contributed by atoms with E-state index in [1.165, 1.54) is 0 Å². The molecule has 0 bridgehead atoms. The summed E-state index contributed by atoms with van der Waals surface area (Å²) < 4.78 is 3.01. The molecular formula is C15H12Cl2IN3. The van der Waals surface area contributed by atoms with Crippen LogP contribution in [0.5, 0.6) is 0 Å². The summed E-state index contributed by atoms with van der Waals surface area (Å²) in [4.78, 5) is 9.13. The lowest BCUT2D eigenvalue weighted by Gasteiger charge is -2.12. The van der Waals surface area contributed by atoms with E-state index in [9.17, 15) is 0 Å². The fourth-order valence-corrected chi connectivity index (χ4v) is 3.34. The van der Waals surface area contributed by atoms with Crippen molar-refractivity contribution in [3.63, 3.8) is 0 Å². The molecule has 1 atom stereocenters. The first kappa shape index (κ1) is 15.1. The van der Waals surface area contributed by atoms with Gasteiger partial charge < -0.3 is 0 Å². The van der Waals surface area contributed by atoms with Crippen molar-refractivity contribution in [3.05, 3.63) is 50.4 Å². The molecule has 3 nitrogen and oxygen atoms in total. The smallest absolute Gasteiger partial charge is 0.164 e. The van der Waals surface area contributed by atoms with Gasteiger partial charge in [-0.1, -0.05) is 11.6 Å². The Bertz CT molecular complexity index is 827. The molecule has 0 N–H and O–H groups in total. The van der Waals surface area contributed by atoms with Crippen LogP contribution in [0.3, 0.4) is 0 Å². The lowest BCUT2D eigenvalue weighted by molar-refractivity contribution is 0.877. The van der Waals surface area contributed by atoms with E-state index in [0.717, 1.165) is 31.8 Å². The highest BCUT2D eigenvalue weighted by atomic mass is 127. The van der Waals surface area contributed by atoms with Gasteiger partial charge in [-0.2, -0.15) is 0 Å². The van der Waals surface area contributed by atoms with E-state index in [2.05, 4.69) is 32.6 Å². The van der Waals surface area contributed by atoms with E-state index >= 15 is 0 Å². The van der Waals surface area contributed by atoms with Crippen LogP contribution >= 0.6 is 45.8 Å². The molecule has 0 amide bonds. The molecule has 6 heteroatoms. The fourth-order valence-electron chi connectivity index (χ4n) is 2.25. The molecule has 2 aromatic heterocycles. The quantitative estimate of drug-likeness (QED) is 0.407. The number of pyridine rings is 1. The van der Waals surface area contributed by atoms with E-state index in [1.807, 2.05) is 48.9 Å². The third kappa shape index (κ3) is 2.76. The molecular weight excluding hydrogens is 420 g/mol. The first-order valence-electron chi connectivity index (χ1n) is 6.42. The molecule has 0 fully saturated rings. The minimum atomic E-state index is -0.241. The van der Waals surface area contributed by atoms with E-state index in [1.54, 1.807) is 0 Å². The largest absolute Gasteiger partial charge is 0.278 e. The second-order valence-corrected chi connectivity index (χ2v) is 7.18. The summed E-state index contributed by atoms with van der Waals surface area (Å²) in [6.45, 7) is 3.89. The molecule has 0 aliphatic carbocycles. The topological polar surface area (TPSA) is 30.7 Å². The zero-order valence-electron chi connectivity index (χ0n) is 11.4. The van der Waals surface area contributed by atoms with E-state index < -0.39 is 0 Å². The standard InChI is InChI=1S/C15H12Cl2IN3/c1-8-5-12-15(19-7-8)21(14(20-12)9(2)16)13-4-3-10(18)6-11(13)17/h3-7,9H,1-2H3. The van der Waals surface area contributed by atoms with Crippen LogP contribution in [0.15, 0.2) is 30.5 Å². The first-order valence-corrected chi connectivity index (χ1v) is 8.31. The van der Waals surface area contributed by atoms with Crippen LogP contribution in [0.25, 0.3) is 16.9 Å². The molecule has 1 aromatic carbocycles. The number of hydrogen-bond donors (Lipinski definition) is 0. The van der Waals surface area contributed by atoms with Crippen LogP contribution in [0, 0.1) is 10.5 Å². The normalized spacial score (nSPS) is 12.8. The lowest BCUT2D eigenvalue weighted by atomic mass is 10.3. The second-order valence-electron chi connectivity index (χ2n) is 4.87. The van der Waals surface area contributed by atoms with Crippen LogP contribution in [-0.2, 0) is 0 Å². The number of rotatable bonds is 2. The molecule has 0 spiro atoms. The minimum Gasteiger partial charge on any atom is -0.278 e. The van der Waals surface area contributed by atoms with Crippen molar-refractivity contribution in [1.82, 2.24) is 14.5 Å². The van der Waals surface area contributed by atoms with Crippen LogP contribution < -0.4 is 0 Å². The lowest BCUT2D eigenvalue weighted by Crippen LogP contribution is -2.03. The molecule has 3 aromatic rings.